The molecule has 0 spiro atoms. The number of ether oxygens (including phenoxy) is 1. The van der Waals surface area contributed by atoms with Gasteiger partial charge < -0.3 is 43.7 Å². The maximum absolute atomic E-state index is 10.8. The van der Waals surface area contributed by atoms with E-state index >= 15 is 0 Å². The van der Waals surface area contributed by atoms with Gasteiger partial charge in [-0.15, -0.1) is 0 Å². The molecular weight excluding hydrogens is 399 g/mol. The number of phosphoric ester groups is 1. The first kappa shape index (κ1) is 25.9. The van der Waals surface area contributed by atoms with E-state index in [0.717, 1.165) is 6.20 Å². The number of aliphatic hydroxyl groups excluding tert-OH is 2. The summed E-state index contributed by atoms with van der Waals surface area (Å²) in [4.78, 5) is 31.6. The van der Waals surface area contributed by atoms with Crippen LogP contribution in [0.2, 0.25) is 0 Å². The SMILES string of the molecule is O=C([O-])c1ccc[n+]([C@@H]2O[C@H](COP(=O)([O-])[O-])[C@@H](O)[C@H]2O)c1.[K+].[K+]. The molecular formula is C11H12K2NO9P. The van der Waals surface area contributed by atoms with Gasteiger partial charge in [-0.2, -0.15) is 4.57 Å². The zero-order chi connectivity index (χ0) is 16.5. The Kier molecular flexibility index (Phi) is 11.9. The third-order valence-corrected chi connectivity index (χ3v) is 3.55. The molecule has 1 aliphatic rings. The molecule has 0 aliphatic carbocycles. The fraction of sp³-hybridized carbons (Fsp3) is 0.455. The van der Waals surface area contributed by atoms with Gasteiger partial charge in [-0.25, -0.2) is 0 Å². The minimum absolute atomic E-state index is 0. The van der Waals surface area contributed by atoms with Crippen molar-refractivity contribution in [1.29, 1.82) is 0 Å². The molecule has 2 N–H and O–H groups in total. The molecule has 1 aromatic heterocycles. The molecule has 1 saturated heterocycles. The van der Waals surface area contributed by atoms with E-state index in [1.807, 2.05) is 0 Å². The summed E-state index contributed by atoms with van der Waals surface area (Å²) in [6.45, 7) is -0.764. The molecule has 10 nitrogen and oxygen atoms in total. The monoisotopic (exact) mass is 411 g/mol. The van der Waals surface area contributed by atoms with Crippen LogP contribution < -0.4 is 122 Å². The van der Waals surface area contributed by atoms with Crippen molar-refractivity contribution in [3.8, 4) is 0 Å². The Labute approximate surface area is 222 Å². The van der Waals surface area contributed by atoms with Crippen molar-refractivity contribution < 1.29 is 151 Å². The minimum atomic E-state index is -5.24. The van der Waals surface area contributed by atoms with Crippen LogP contribution in [0.15, 0.2) is 24.5 Å². The van der Waals surface area contributed by atoms with Gasteiger partial charge in [-0.3, -0.25) is 0 Å². The van der Waals surface area contributed by atoms with E-state index in [9.17, 15) is 34.5 Å². The number of hydrogen-bond donors (Lipinski definition) is 2. The van der Waals surface area contributed by atoms with Crippen LogP contribution in [-0.2, 0) is 13.8 Å². The van der Waals surface area contributed by atoms with E-state index in [2.05, 4.69) is 4.52 Å². The maximum Gasteiger partial charge on any atom is 1.00 e. The number of hydrogen-bond acceptors (Lipinski definition) is 9. The average molecular weight is 411 g/mol. The number of carbonyl (C=O) groups excluding carboxylic acids is 1. The number of rotatable bonds is 5. The van der Waals surface area contributed by atoms with Crippen LogP contribution in [0.3, 0.4) is 0 Å². The van der Waals surface area contributed by atoms with Crippen molar-refractivity contribution in [2.75, 3.05) is 6.61 Å². The molecule has 2 heterocycles. The molecule has 0 amide bonds. The van der Waals surface area contributed by atoms with Gasteiger partial charge in [0.2, 0.25) is 0 Å². The minimum Gasteiger partial charge on any atom is -0.790 e. The fourth-order valence-corrected chi connectivity index (χ4v) is 2.38. The van der Waals surface area contributed by atoms with Crippen molar-refractivity contribution in [1.82, 2.24) is 0 Å². The van der Waals surface area contributed by atoms with E-state index in [1.54, 1.807) is 0 Å². The second kappa shape index (κ2) is 11.0. The number of nitrogens with zero attached hydrogens (tertiary/aromatic N) is 1. The third-order valence-electron chi connectivity index (χ3n) is 3.09. The summed E-state index contributed by atoms with van der Waals surface area (Å²) in [6, 6.07) is 2.62. The Balaban J connectivity index is 0.00000264. The summed E-state index contributed by atoms with van der Waals surface area (Å²) in [5.74, 6) is -1.44. The Morgan fingerprint density at radius 1 is 1.33 bits per heavy atom. The number of aromatic carboxylic acids is 1. The molecule has 0 aromatic carbocycles. The zero-order valence-electron chi connectivity index (χ0n) is 13.0. The number of phosphoric acid groups is 1. The van der Waals surface area contributed by atoms with Crippen LogP contribution in [0.4, 0.5) is 0 Å². The molecule has 1 aromatic rings. The van der Waals surface area contributed by atoms with Gasteiger partial charge in [0.1, 0.15) is 12.2 Å². The average Bonchev–Trinajstić information content (AvgIpc) is 2.72. The van der Waals surface area contributed by atoms with E-state index in [4.69, 9.17) is 4.74 Å². The van der Waals surface area contributed by atoms with E-state index in [0.29, 0.717) is 0 Å². The topological polar surface area (TPSA) is 166 Å². The summed E-state index contributed by atoms with van der Waals surface area (Å²) in [5, 5.41) is 30.5. The Bertz CT molecular complexity index is 613. The van der Waals surface area contributed by atoms with Crippen molar-refractivity contribution in [2.45, 2.75) is 24.5 Å². The normalized spacial score (nSPS) is 26.3. The van der Waals surface area contributed by atoms with Crippen LogP contribution in [0.5, 0.6) is 0 Å². The summed E-state index contributed by atoms with van der Waals surface area (Å²) in [6.07, 6.45) is -2.95. The molecule has 4 atom stereocenters. The molecule has 13 heteroatoms. The number of carbonyl (C=O) groups is 1. The molecule has 122 valence electrons. The zero-order valence-corrected chi connectivity index (χ0v) is 20.1. The van der Waals surface area contributed by atoms with Gasteiger partial charge in [-0.05, 0) is 6.07 Å². The largest absolute Gasteiger partial charge is 1.00 e. The van der Waals surface area contributed by atoms with Gasteiger partial charge in [0.05, 0.1) is 26.0 Å². The Hall–Kier alpha value is 1.88. The predicted molar refractivity (Wildman–Crippen MR) is 60.4 cm³/mol. The third kappa shape index (κ3) is 7.13. The summed E-state index contributed by atoms with van der Waals surface area (Å²) >= 11 is 0. The second-order valence-electron chi connectivity index (χ2n) is 4.62. The first-order valence-corrected chi connectivity index (χ1v) is 7.55. The molecule has 1 fully saturated rings. The molecule has 2 rings (SSSR count). The van der Waals surface area contributed by atoms with Crippen LogP contribution in [0.1, 0.15) is 16.6 Å². The Morgan fingerprint density at radius 2 is 1.96 bits per heavy atom. The number of carboxylic acids is 1. The van der Waals surface area contributed by atoms with Gasteiger partial charge >= 0.3 is 103 Å². The van der Waals surface area contributed by atoms with Crippen molar-refractivity contribution in [2.24, 2.45) is 0 Å². The maximum atomic E-state index is 10.8. The quantitative estimate of drug-likeness (QED) is 0.272. The standard InChI is InChI=1S/C11H14NO9P.2K/c13-8-7(5-20-22(17,18)19)21-10(9(8)14)12-3-1-2-6(4-12)11(15)16;;/h1-4,7-10,13-14H,5H2,(H2-,15,16,17,18,19);;/q;2*+1/p-2/t7-,8-,9-,10-;;/m1../s1. The van der Waals surface area contributed by atoms with E-state index < -0.39 is 44.9 Å². The second-order valence-corrected chi connectivity index (χ2v) is 5.77. The first-order valence-electron chi connectivity index (χ1n) is 6.09. The van der Waals surface area contributed by atoms with Crippen LogP contribution in [-0.4, -0.2) is 41.1 Å². The smallest absolute Gasteiger partial charge is 0.790 e. The molecule has 0 saturated carbocycles. The molecule has 0 bridgehead atoms. The molecule has 1 aliphatic heterocycles. The molecule has 0 radical (unpaired) electrons. The number of pyridine rings is 1. The number of carboxylic acid groups (broad SMARTS) is 1. The van der Waals surface area contributed by atoms with Gasteiger partial charge in [0.25, 0.3) is 6.23 Å². The number of aromatic nitrogens is 1. The fourth-order valence-electron chi connectivity index (χ4n) is 2.05. The van der Waals surface area contributed by atoms with Crippen LogP contribution in [0, 0.1) is 0 Å². The van der Waals surface area contributed by atoms with Gasteiger partial charge in [0, 0.05) is 6.07 Å². The van der Waals surface area contributed by atoms with Crippen LogP contribution >= 0.6 is 7.82 Å². The van der Waals surface area contributed by atoms with E-state index in [1.165, 1.54) is 22.9 Å². The number of aliphatic hydroxyl groups is 2. The summed E-state index contributed by atoms with van der Waals surface area (Å²) in [5.41, 5.74) is -0.184. The molecule has 24 heavy (non-hydrogen) atoms. The molecule has 0 unspecified atom stereocenters. The van der Waals surface area contributed by atoms with Crippen molar-refractivity contribution in [3.05, 3.63) is 30.1 Å². The van der Waals surface area contributed by atoms with Crippen molar-refractivity contribution >= 4 is 13.8 Å². The van der Waals surface area contributed by atoms with Crippen molar-refractivity contribution in [3.63, 3.8) is 0 Å². The van der Waals surface area contributed by atoms with E-state index in [-0.39, 0.29) is 108 Å². The summed E-state index contributed by atoms with van der Waals surface area (Å²) < 4.78 is 20.8. The predicted octanol–water partition coefficient (Wildman–Crippen LogP) is -10.2. The Morgan fingerprint density at radius 3 is 2.50 bits per heavy atom. The van der Waals surface area contributed by atoms with Crippen LogP contribution in [0.25, 0.3) is 0 Å². The summed E-state index contributed by atoms with van der Waals surface area (Å²) in [7, 11) is -5.24. The van der Waals surface area contributed by atoms with Gasteiger partial charge in [-0.1, -0.05) is 0 Å². The first-order chi connectivity index (χ1) is 10.2. The van der Waals surface area contributed by atoms with Gasteiger partial charge in [0.15, 0.2) is 18.5 Å².